The maximum absolute atomic E-state index is 12.6. The van der Waals surface area contributed by atoms with E-state index in [4.69, 9.17) is 0 Å². The first-order valence-corrected chi connectivity index (χ1v) is 11.5. The lowest BCUT2D eigenvalue weighted by atomic mass is 9.93. The van der Waals surface area contributed by atoms with Crippen molar-refractivity contribution in [3.05, 3.63) is 90.0 Å². The predicted molar refractivity (Wildman–Crippen MR) is 142 cm³/mol. The molecule has 0 unspecified atom stereocenters. The highest BCUT2D eigenvalue weighted by atomic mass is 16.1. The van der Waals surface area contributed by atoms with E-state index >= 15 is 0 Å². The summed E-state index contributed by atoms with van der Waals surface area (Å²) in [6.07, 6.45) is 3.43. The lowest BCUT2D eigenvalue weighted by molar-refractivity contribution is 0.105. The fourth-order valence-corrected chi connectivity index (χ4v) is 2.47. The molecule has 2 aromatic carbocycles. The van der Waals surface area contributed by atoms with Gasteiger partial charge in [0.05, 0.1) is 0 Å². The van der Waals surface area contributed by atoms with E-state index < -0.39 is 0 Å². The summed E-state index contributed by atoms with van der Waals surface area (Å²) in [4.78, 5) is 12.6. The van der Waals surface area contributed by atoms with E-state index in [0.717, 1.165) is 29.5 Å². The second-order valence-electron chi connectivity index (χ2n) is 8.49. The monoisotopic (exact) mass is 422 g/mol. The highest BCUT2D eigenvalue weighted by molar-refractivity contribution is 6.28. The van der Waals surface area contributed by atoms with E-state index in [-0.39, 0.29) is 5.78 Å². The van der Waals surface area contributed by atoms with Crippen LogP contribution in [-0.2, 0) is 6.42 Å². The molecule has 0 heterocycles. The molecule has 1 heteroatoms. The van der Waals surface area contributed by atoms with Gasteiger partial charge >= 0.3 is 0 Å². The summed E-state index contributed by atoms with van der Waals surface area (Å²) >= 11 is 0. The van der Waals surface area contributed by atoms with E-state index in [1.165, 1.54) is 17.5 Å². The number of Topliss-reactive ketones (excluding diaryl/α,β-unsaturated/α-hetero) is 1. The number of allylic oxidation sites excluding steroid dienone is 1. The molecule has 172 valence electrons. The molecule has 0 N–H and O–H groups in total. The molecule has 0 fully saturated rings. The molecule has 2 aromatic rings. The van der Waals surface area contributed by atoms with Crippen LogP contribution in [0, 0.1) is 19.3 Å². The normalized spacial score (nSPS) is 9.71. The quantitative estimate of drug-likeness (QED) is 0.266. The Kier molecular flexibility index (Phi) is 16.2. The Balaban J connectivity index is 0. The molecule has 0 radical (unpaired) electrons. The molecule has 0 atom stereocenters. The lowest BCUT2D eigenvalue weighted by Gasteiger charge is -2.12. The summed E-state index contributed by atoms with van der Waals surface area (Å²) in [5.74, 6) is 0.0133. The van der Waals surface area contributed by atoms with Gasteiger partial charge in [0, 0.05) is 11.1 Å². The zero-order chi connectivity index (χ0) is 24.6. The lowest BCUT2D eigenvalue weighted by Crippen LogP contribution is -2.04. The number of hydrogen-bond acceptors (Lipinski definition) is 1. The third kappa shape index (κ3) is 12.1. The van der Waals surface area contributed by atoms with Crippen LogP contribution in [0.2, 0.25) is 0 Å². The minimum absolute atomic E-state index is 0.0133. The minimum atomic E-state index is 0.0133. The van der Waals surface area contributed by atoms with Crippen molar-refractivity contribution in [1.29, 1.82) is 0 Å². The SMILES string of the molecule is C=C.C=C(C(=O)c1ccc(CCC)cc1C)c1ccc(C)cc1.CC.CCC(C)(C)C. The van der Waals surface area contributed by atoms with Crippen LogP contribution >= 0.6 is 0 Å². The molecular weight excluding hydrogens is 376 g/mol. The van der Waals surface area contributed by atoms with Gasteiger partial charge in [0.1, 0.15) is 0 Å². The maximum Gasteiger partial charge on any atom is 0.193 e. The molecule has 0 aliphatic carbocycles. The first-order valence-electron chi connectivity index (χ1n) is 11.5. The van der Waals surface area contributed by atoms with E-state index in [1.54, 1.807) is 0 Å². The topological polar surface area (TPSA) is 17.1 Å². The number of carbonyl (C=O) groups is 1. The van der Waals surface area contributed by atoms with Gasteiger partial charge in [-0.15, -0.1) is 13.2 Å². The Morgan fingerprint density at radius 2 is 1.39 bits per heavy atom. The average Bonchev–Trinajstić information content (AvgIpc) is 2.76. The Bertz CT molecular complexity index is 773. The standard InChI is InChI=1S/C20H22O.C6H14.C2H6.C2H4/c1-5-6-17-9-12-19(15(3)13-17)20(21)16(4)18-10-7-14(2)8-11-18;1-5-6(2,3)4;2*1-2/h7-13H,4-6H2,1-3H3;5H2,1-4H3;1-2H3;1-2H2. The number of hydrogen-bond donors (Lipinski definition) is 0. The molecule has 0 aliphatic rings. The molecule has 0 aromatic heterocycles. The molecule has 0 saturated heterocycles. The molecule has 31 heavy (non-hydrogen) atoms. The van der Waals surface area contributed by atoms with Crippen molar-refractivity contribution in [3.8, 4) is 0 Å². The van der Waals surface area contributed by atoms with Crippen LogP contribution in [0.3, 0.4) is 0 Å². The second-order valence-corrected chi connectivity index (χ2v) is 8.49. The Morgan fingerprint density at radius 3 is 1.77 bits per heavy atom. The van der Waals surface area contributed by atoms with Crippen LogP contribution < -0.4 is 0 Å². The van der Waals surface area contributed by atoms with Gasteiger partial charge < -0.3 is 0 Å². The van der Waals surface area contributed by atoms with Crippen molar-refractivity contribution < 1.29 is 4.79 Å². The number of ketones is 1. The maximum atomic E-state index is 12.6. The minimum Gasteiger partial charge on any atom is -0.289 e. The van der Waals surface area contributed by atoms with Gasteiger partial charge in [-0.05, 0) is 42.4 Å². The van der Waals surface area contributed by atoms with Crippen molar-refractivity contribution in [2.45, 2.75) is 81.6 Å². The summed E-state index contributed by atoms with van der Waals surface area (Å²) < 4.78 is 0. The summed E-state index contributed by atoms with van der Waals surface area (Å²) in [7, 11) is 0. The van der Waals surface area contributed by atoms with Crippen LogP contribution in [0.4, 0.5) is 0 Å². The molecular formula is C30H46O. The molecule has 2 rings (SSSR count). The Morgan fingerprint density at radius 1 is 0.903 bits per heavy atom. The van der Waals surface area contributed by atoms with Crippen LogP contribution in [0.15, 0.2) is 62.2 Å². The van der Waals surface area contributed by atoms with Crippen LogP contribution in [0.25, 0.3) is 5.57 Å². The van der Waals surface area contributed by atoms with Crippen molar-refractivity contribution >= 4 is 11.4 Å². The van der Waals surface area contributed by atoms with Crippen LogP contribution in [0.1, 0.15) is 93.9 Å². The zero-order valence-corrected chi connectivity index (χ0v) is 21.7. The molecule has 0 saturated carbocycles. The highest BCUT2D eigenvalue weighted by Gasteiger charge is 2.14. The predicted octanol–water partition coefficient (Wildman–Crippen LogP) is 9.42. The molecule has 0 spiro atoms. The number of benzene rings is 2. The number of rotatable bonds is 5. The summed E-state index contributed by atoms with van der Waals surface area (Å²) in [5.41, 5.74) is 6.23. The van der Waals surface area contributed by atoms with Gasteiger partial charge in [0.2, 0.25) is 0 Å². The molecule has 0 amide bonds. The number of aryl methyl sites for hydroxylation is 3. The van der Waals surface area contributed by atoms with Gasteiger partial charge in [0.15, 0.2) is 5.78 Å². The number of carbonyl (C=O) groups excluding carboxylic acids is 1. The van der Waals surface area contributed by atoms with Gasteiger partial charge in [-0.2, -0.15) is 0 Å². The second kappa shape index (κ2) is 16.3. The Labute approximate surface area is 193 Å². The van der Waals surface area contributed by atoms with E-state index in [1.807, 2.05) is 64.1 Å². The van der Waals surface area contributed by atoms with Crippen LogP contribution in [0.5, 0.6) is 0 Å². The fourth-order valence-electron chi connectivity index (χ4n) is 2.47. The third-order valence-corrected chi connectivity index (χ3v) is 4.81. The van der Waals surface area contributed by atoms with Gasteiger partial charge in [-0.25, -0.2) is 0 Å². The highest BCUT2D eigenvalue weighted by Crippen LogP contribution is 2.22. The van der Waals surface area contributed by atoms with Crippen molar-refractivity contribution in [1.82, 2.24) is 0 Å². The molecule has 0 aliphatic heterocycles. The molecule has 0 bridgehead atoms. The van der Waals surface area contributed by atoms with Gasteiger partial charge in [-0.3, -0.25) is 4.79 Å². The summed E-state index contributed by atoms with van der Waals surface area (Å²) in [5, 5.41) is 0. The van der Waals surface area contributed by atoms with Crippen molar-refractivity contribution in [2.75, 3.05) is 0 Å². The van der Waals surface area contributed by atoms with Gasteiger partial charge in [-0.1, -0.05) is 116 Å². The molecule has 1 nitrogen and oxygen atoms in total. The van der Waals surface area contributed by atoms with Crippen molar-refractivity contribution in [2.24, 2.45) is 5.41 Å². The van der Waals surface area contributed by atoms with Crippen LogP contribution in [-0.4, -0.2) is 5.78 Å². The Hall–Kier alpha value is -2.41. The first-order chi connectivity index (χ1) is 14.6. The largest absolute Gasteiger partial charge is 0.289 e. The van der Waals surface area contributed by atoms with Gasteiger partial charge in [0.25, 0.3) is 0 Å². The van der Waals surface area contributed by atoms with E-state index in [9.17, 15) is 4.79 Å². The summed E-state index contributed by atoms with van der Waals surface area (Å²) in [6, 6.07) is 14.0. The summed E-state index contributed by atoms with van der Waals surface area (Å²) in [6.45, 7) is 29.1. The third-order valence-electron chi connectivity index (χ3n) is 4.81. The average molecular weight is 423 g/mol. The zero-order valence-electron chi connectivity index (χ0n) is 21.7. The first kappa shape index (κ1) is 30.8. The van der Waals surface area contributed by atoms with E-state index in [0.29, 0.717) is 11.0 Å². The smallest absolute Gasteiger partial charge is 0.193 e. The fraction of sp³-hybridized carbons (Fsp3) is 0.433. The van der Waals surface area contributed by atoms with E-state index in [2.05, 4.69) is 60.4 Å². The van der Waals surface area contributed by atoms with Crippen molar-refractivity contribution in [3.63, 3.8) is 0 Å².